The number of hydrogen-bond acceptors (Lipinski definition) is 4. The van der Waals surface area contributed by atoms with Gasteiger partial charge in [0.25, 0.3) is 11.5 Å². The second kappa shape index (κ2) is 11.0. The van der Waals surface area contributed by atoms with Crippen LogP contribution in [0, 0.1) is 0 Å². The summed E-state index contributed by atoms with van der Waals surface area (Å²) in [6.07, 6.45) is 1.78. The van der Waals surface area contributed by atoms with Crippen LogP contribution in [0.2, 0.25) is 5.02 Å². The monoisotopic (exact) mass is 475 g/mol. The molecule has 4 rings (SSSR count). The zero-order chi connectivity index (χ0) is 23.0. The molecule has 0 saturated carbocycles. The molecule has 4 aromatic rings. The molecular weight excluding hydrogens is 454 g/mol. The zero-order valence-electron chi connectivity index (χ0n) is 17.8. The minimum absolute atomic E-state index is 0.137. The molecule has 7 heteroatoms. The SMILES string of the molecule is O=C(NCCCc1ccccc1)c1ccc(-n2nc(Sc3ccc(Cl)cc3)ccc2=O)cc1. The summed E-state index contributed by atoms with van der Waals surface area (Å²) in [6, 6.07) is 27.6. The predicted molar refractivity (Wildman–Crippen MR) is 133 cm³/mol. The van der Waals surface area contributed by atoms with Gasteiger partial charge in [0, 0.05) is 28.1 Å². The van der Waals surface area contributed by atoms with Crippen LogP contribution in [-0.4, -0.2) is 22.2 Å². The smallest absolute Gasteiger partial charge is 0.271 e. The van der Waals surface area contributed by atoms with E-state index >= 15 is 0 Å². The normalized spacial score (nSPS) is 10.7. The summed E-state index contributed by atoms with van der Waals surface area (Å²) in [5, 5.41) is 8.74. The van der Waals surface area contributed by atoms with Gasteiger partial charge in [-0.15, -0.1) is 0 Å². The molecule has 1 heterocycles. The maximum atomic E-state index is 12.4. The van der Waals surface area contributed by atoms with Crippen LogP contribution in [0.15, 0.2) is 106 Å². The van der Waals surface area contributed by atoms with Crippen molar-refractivity contribution in [2.24, 2.45) is 0 Å². The third-order valence-corrected chi connectivity index (χ3v) is 6.14. The highest BCUT2D eigenvalue weighted by atomic mass is 35.5. The minimum atomic E-state index is -0.242. The standard InChI is InChI=1S/C26H22ClN3O2S/c27-21-10-14-23(15-11-21)33-24-16-17-25(31)30(29-24)22-12-8-20(9-13-22)26(32)28-18-4-7-19-5-2-1-3-6-19/h1-3,5-6,8-17H,4,7,18H2,(H,28,32). The van der Waals surface area contributed by atoms with Crippen LogP contribution >= 0.6 is 23.4 Å². The second-order valence-electron chi connectivity index (χ2n) is 7.37. The van der Waals surface area contributed by atoms with Crippen molar-refractivity contribution >= 4 is 29.3 Å². The number of aryl methyl sites for hydroxylation is 1. The third kappa shape index (κ3) is 6.34. The Hall–Kier alpha value is -3.35. The summed E-state index contributed by atoms with van der Waals surface area (Å²) in [4.78, 5) is 25.8. The summed E-state index contributed by atoms with van der Waals surface area (Å²) in [5.41, 5.74) is 2.15. The number of amides is 1. The molecule has 0 radical (unpaired) electrons. The molecule has 1 amide bonds. The van der Waals surface area contributed by atoms with Crippen molar-refractivity contribution < 1.29 is 4.79 Å². The van der Waals surface area contributed by atoms with E-state index < -0.39 is 0 Å². The van der Waals surface area contributed by atoms with Gasteiger partial charge in [0.05, 0.1) is 5.69 Å². The number of hydrogen-bond donors (Lipinski definition) is 1. The van der Waals surface area contributed by atoms with E-state index in [1.165, 1.54) is 28.1 Å². The average molecular weight is 476 g/mol. The number of aromatic nitrogens is 2. The quantitative estimate of drug-likeness (QED) is 0.346. The fourth-order valence-electron chi connectivity index (χ4n) is 3.25. The Labute approximate surface area is 201 Å². The lowest BCUT2D eigenvalue weighted by Crippen LogP contribution is -2.25. The number of rotatable bonds is 8. The molecule has 0 unspecified atom stereocenters. The highest BCUT2D eigenvalue weighted by Gasteiger charge is 2.08. The summed E-state index contributed by atoms with van der Waals surface area (Å²) in [7, 11) is 0. The molecule has 0 aliphatic rings. The number of carbonyl (C=O) groups is 1. The van der Waals surface area contributed by atoms with Crippen molar-refractivity contribution in [1.82, 2.24) is 15.1 Å². The molecule has 1 N–H and O–H groups in total. The molecule has 0 atom stereocenters. The Kier molecular flexibility index (Phi) is 7.60. The molecule has 0 aliphatic heterocycles. The molecule has 0 saturated heterocycles. The first kappa shape index (κ1) is 22.8. The fraction of sp³-hybridized carbons (Fsp3) is 0.115. The predicted octanol–water partition coefficient (Wildman–Crippen LogP) is 5.40. The van der Waals surface area contributed by atoms with Crippen LogP contribution in [0.5, 0.6) is 0 Å². The summed E-state index contributed by atoms with van der Waals surface area (Å²) >= 11 is 7.38. The number of carbonyl (C=O) groups excluding carboxylic acids is 1. The van der Waals surface area contributed by atoms with Crippen molar-refractivity contribution in [3.8, 4) is 5.69 Å². The van der Waals surface area contributed by atoms with E-state index in [1.54, 1.807) is 30.3 Å². The molecule has 5 nitrogen and oxygen atoms in total. The highest BCUT2D eigenvalue weighted by Crippen LogP contribution is 2.26. The molecule has 0 bridgehead atoms. The highest BCUT2D eigenvalue weighted by molar-refractivity contribution is 7.99. The van der Waals surface area contributed by atoms with Crippen molar-refractivity contribution in [3.63, 3.8) is 0 Å². The first-order valence-electron chi connectivity index (χ1n) is 10.5. The molecule has 166 valence electrons. The van der Waals surface area contributed by atoms with Crippen molar-refractivity contribution in [1.29, 1.82) is 0 Å². The first-order valence-corrected chi connectivity index (χ1v) is 11.7. The van der Waals surface area contributed by atoms with Gasteiger partial charge < -0.3 is 5.32 Å². The lowest BCUT2D eigenvalue weighted by Gasteiger charge is -2.09. The van der Waals surface area contributed by atoms with Crippen LogP contribution in [0.25, 0.3) is 5.69 Å². The van der Waals surface area contributed by atoms with Crippen molar-refractivity contribution in [2.45, 2.75) is 22.8 Å². The maximum Gasteiger partial charge on any atom is 0.271 e. The third-order valence-electron chi connectivity index (χ3n) is 4.96. The van der Waals surface area contributed by atoms with Gasteiger partial charge in [-0.2, -0.15) is 9.78 Å². The Balaban J connectivity index is 1.38. The molecule has 0 spiro atoms. The van der Waals surface area contributed by atoms with Crippen LogP contribution in [0.3, 0.4) is 0 Å². The van der Waals surface area contributed by atoms with E-state index in [-0.39, 0.29) is 11.5 Å². The summed E-state index contributed by atoms with van der Waals surface area (Å²) in [6.45, 7) is 0.598. The van der Waals surface area contributed by atoms with E-state index in [9.17, 15) is 9.59 Å². The first-order chi connectivity index (χ1) is 16.1. The molecule has 33 heavy (non-hydrogen) atoms. The number of halogens is 1. The average Bonchev–Trinajstić information content (AvgIpc) is 2.85. The molecule has 1 aromatic heterocycles. The van der Waals surface area contributed by atoms with E-state index in [4.69, 9.17) is 11.6 Å². The Morgan fingerprint density at radius 3 is 2.36 bits per heavy atom. The maximum absolute atomic E-state index is 12.4. The molecular formula is C26H22ClN3O2S. The second-order valence-corrected chi connectivity index (χ2v) is 8.90. The van der Waals surface area contributed by atoms with Gasteiger partial charge in [0.1, 0.15) is 5.03 Å². The van der Waals surface area contributed by atoms with Gasteiger partial charge in [-0.3, -0.25) is 9.59 Å². The van der Waals surface area contributed by atoms with E-state index in [1.807, 2.05) is 42.5 Å². The van der Waals surface area contributed by atoms with Crippen LogP contribution in [-0.2, 0) is 6.42 Å². The van der Waals surface area contributed by atoms with Gasteiger partial charge in [-0.05, 0) is 73.0 Å². The number of benzene rings is 3. The lowest BCUT2D eigenvalue weighted by atomic mass is 10.1. The zero-order valence-corrected chi connectivity index (χ0v) is 19.4. The van der Waals surface area contributed by atoms with Gasteiger partial charge in [-0.1, -0.05) is 53.7 Å². The number of nitrogens with one attached hydrogen (secondary N) is 1. The summed E-state index contributed by atoms with van der Waals surface area (Å²) in [5.74, 6) is -0.137. The number of nitrogens with zero attached hydrogens (tertiary/aromatic N) is 2. The van der Waals surface area contributed by atoms with Crippen LogP contribution in [0.4, 0.5) is 0 Å². The fourth-order valence-corrected chi connectivity index (χ4v) is 4.15. The largest absolute Gasteiger partial charge is 0.352 e. The summed E-state index contributed by atoms with van der Waals surface area (Å²) < 4.78 is 1.33. The van der Waals surface area contributed by atoms with E-state index in [0.29, 0.717) is 27.8 Å². The van der Waals surface area contributed by atoms with Gasteiger partial charge >= 0.3 is 0 Å². The Morgan fingerprint density at radius 1 is 0.909 bits per heavy atom. The van der Waals surface area contributed by atoms with E-state index in [0.717, 1.165) is 17.7 Å². The molecule has 3 aromatic carbocycles. The van der Waals surface area contributed by atoms with Crippen LogP contribution in [0.1, 0.15) is 22.3 Å². The lowest BCUT2D eigenvalue weighted by molar-refractivity contribution is 0.0953. The molecule has 0 aliphatic carbocycles. The minimum Gasteiger partial charge on any atom is -0.352 e. The van der Waals surface area contributed by atoms with Gasteiger partial charge in [0.15, 0.2) is 0 Å². The van der Waals surface area contributed by atoms with Crippen LogP contribution < -0.4 is 10.9 Å². The van der Waals surface area contributed by atoms with Crippen molar-refractivity contribution in [3.05, 3.63) is 117 Å². The topological polar surface area (TPSA) is 64.0 Å². The van der Waals surface area contributed by atoms with Gasteiger partial charge in [0.2, 0.25) is 0 Å². The Morgan fingerprint density at radius 2 is 1.64 bits per heavy atom. The van der Waals surface area contributed by atoms with E-state index in [2.05, 4.69) is 22.5 Å². The Bertz CT molecular complexity index is 1270. The molecule has 0 fully saturated rings. The van der Waals surface area contributed by atoms with Crippen molar-refractivity contribution in [2.75, 3.05) is 6.54 Å². The van der Waals surface area contributed by atoms with Gasteiger partial charge in [-0.25, -0.2) is 0 Å².